The predicted octanol–water partition coefficient (Wildman–Crippen LogP) is 1.34. The average Bonchev–Trinajstić information content (AvgIpc) is 1.94. The largest absolute Gasteiger partial charge is 0.302 e. The quantitative estimate of drug-likeness (QED) is 0.626. The zero-order chi connectivity index (χ0) is 8.32. The van der Waals surface area contributed by atoms with Gasteiger partial charge in [0.1, 0.15) is 6.29 Å². The van der Waals surface area contributed by atoms with Crippen molar-refractivity contribution in [2.45, 2.75) is 18.8 Å². The molecule has 0 aromatic heterocycles. The molecule has 0 saturated carbocycles. The van der Waals surface area contributed by atoms with Crippen LogP contribution < -0.4 is 0 Å². The SMILES string of the molecule is Cl.O=CCN1CCC(F)(F)CC1. The second-order valence-electron chi connectivity index (χ2n) is 2.82. The van der Waals surface area contributed by atoms with E-state index in [0.717, 1.165) is 6.29 Å². The first kappa shape index (κ1) is 11.8. The molecule has 1 rings (SSSR count). The van der Waals surface area contributed by atoms with E-state index in [1.54, 1.807) is 4.90 Å². The Morgan fingerprint density at radius 1 is 1.33 bits per heavy atom. The van der Waals surface area contributed by atoms with Crippen molar-refractivity contribution in [2.75, 3.05) is 19.6 Å². The minimum atomic E-state index is -2.50. The Morgan fingerprint density at radius 3 is 2.25 bits per heavy atom. The first-order valence-corrected chi connectivity index (χ1v) is 3.68. The second kappa shape index (κ2) is 4.72. The highest BCUT2D eigenvalue weighted by Crippen LogP contribution is 2.26. The Balaban J connectivity index is 0.00000121. The van der Waals surface area contributed by atoms with Gasteiger partial charge in [-0.3, -0.25) is 4.90 Å². The van der Waals surface area contributed by atoms with Gasteiger partial charge in [-0.15, -0.1) is 12.4 Å². The standard InChI is InChI=1S/C7H11F2NO.ClH/c8-7(9)1-3-10(4-2-7)5-6-11;/h6H,1-5H2;1H. The van der Waals surface area contributed by atoms with Crippen molar-refractivity contribution in [1.82, 2.24) is 4.90 Å². The van der Waals surface area contributed by atoms with Gasteiger partial charge in [-0.25, -0.2) is 8.78 Å². The lowest BCUT2D eigenvalue weighted by molar-refractivity contribution is -0.111. The molecule has 1 fully saturated rings. The first-order valence-electron chi connectivity index (χ1n) is 3.68. The number of rotatable bonds is 2. The van der Waals surface area contributed by atoms with Crippen LogP contribution in [0, 0.1) is 0 Å². The van der Waals surface area contributed by atoms with Gasteiger partial charge < -0.3 is 4.79 Å². The van der Waals surface area contributed by atoms with Crippen LogP contribution in [-0.2, 0) is 4.79 Å². The molecule has 12 heavy (non-hydrogen) atoms. The van der Waals surface area contributed by atoms with Gasteiger partial charge in [-0.2, -0.15) is 0 Å². The maximum Gasteiger partial charge on any atom is 0.250 e. The van der Waals surface area contributed by atoms with Gasteiger partial charge in [0.05, 0.1) is 6.54 Å². The third kappa shape index (κ3) is 3.45. The molecule has 1 heterocycles. The number of hydrogen-bond acceptors (Lipinski definition) is 2. The third-order valence-electron chi connectivity index (χ3n) is 1.92. The maximum absolute atomic E-state index is 12.5. The summed E-state index contributed by atoms with van der Waals surface area (Å²) in [6.07, 6.45) is 0.533. The number of likely N-dealkylation sites (tertiary alicyclic amines) is 1. The van der Waals surface area contributed by atoms with E-state index in [1.807, 2.05) is 0 Å². The van der Waals surface area contributed by atoms with Gasteiger partial charge in [0, 0.05) is 25.9 Å². The molecule has 0 bridgehead atoms. The average molecular weight is 200 g/mol. The Kier molecular flexibility index (Phi) is 4.63. The van der Waals surface area contributed by atoms with Crippen LogP contribution in [0.3, 0.4) is 0 Å². The summed E-state index contributed by atoms with van der Waals surface area (Å²) in [5.41, 5.74) is 0. The highest BCUT2D eigenvalue weighted by molar-refractivity contribution is 5.85. The molecular formula is C7H12ClF2NO. The fourth-order valence-corrected chi connectivity index (χ4v) is 1.17. The molecule has 0 spiro atoms. The van der Waals surface area contributed by atoms with E-state index in [1.165, 1.54) is 0 Å². The molecule has 0 amide bonds. The summed E-state index contributed by atoms with van der Waals surface area (Å²) in [7, 11) is 0. The number of carbonyl (C=O) groups excluding carboxylic acids is 1. The first-order chi connectivity index (χ1) is 5.14. The zero-order valence-corrected chi connectivity index (χ0v) is 7.45. The molecule has 0 aliphatic carbocycles. The smallest absolute Gasteiger partial charge is 0.250 e. The van der Waals surface area contributed by atoms with Crippen LogP contribution in [0.2, 0.25) is 0 Å². The maximum atomic E-state index is 12.5. The van der Waals surface area contributed by atoms with Crippen LogP contribution >= 0.6 is 12.4 Å². The number of hydrogen-bond donors (Lipinski definition) is 0. The fourth-order valence-electron chi connectivity index (χ4n) is 1.17. The van der Waals surface area contributed by atoms with Gasteiger partial charge in [-0.1, -0.05) is 0 Å². The zero-order valence-electron chi connectivity index (χ0n) is 6.63. The summed E-state index contributed by atoms with van der Waals surface area (Å²) in [4.78, 5) is 11.7. The van der Waals surface area contributed by atoms with Crippen molar-refractivity contribution in [3.63, 3.8) is 0 Å². The van der Waals surface area contributed by atoms with Crippen molar-refractivity contribution in [3.05, 3.63) is 0 Å². The van der Waals surface area contributed by atoms with Gasteiger partial charge in [0.25, 0.3) is 5.92 Å². The van der Waals surface area contributed by atoms with Gasteiger partial charge in [-0.05, 0) is 0 Å². The second-order valence-corrected chi connectivity index (χ2v) is 2.82. The van der Waals surface area contributed by atoms with Crippen LogP contribution in [-0.4, -0.2) is 36.7 Å². The van der Waals surface area contributed by atoms with Crippen LogP contribution in [0.5, 0.6) is 0 Å². The minimum Gasteiger partial charge on any atom is -0.302 e. The Labute approximate surface area is 76.3 Å². The van der Waals surface area contributed by atoms with E-state index < -0.39 is 5.92 Å². The van der Waals surface area contributed by atoms with E-state index in [2.05, 4.69) is 0 Å². The van der Waals surface area contributed by atoms with Crippen molar-refractivity contribution >= 4 is 18.7 Å². The van der Waals surface area contributed by atoms with E-state index in [-0.39, 0.29) is 31.8 Å². The third-order valence-corrected chi connectivity index (χ3v) is 1.92. The molecule has 0 unspecified atom stereocenters. The summed E-state index contributed by atoms with van der Waals surface area (Å²) in [6, 6.07) is 0. The number of alkyl halides is 2. The molecule has 1 aliphatic rings. The number of nitrogens with zero attached hydrogens (tertiary/aromatic N) is 1. The highest BCUT2D eigenvalue weighted by Gasteiger charge is 2.33. The summed E-state index contributed by atoms with van der Waals surface area (Å²) < 4.78 is 25.0. The fraction of sp³-hybridized carbons (Fsp3) is 0.857. The summed E-state index contributed by atoms with van der Waals surface area (Å²) >= 11 is 0. The van der Waals surface area contributed by atoms with Crippen molar-refractivity contribution < 1.29 is 13.6 Å². The Morgan fingerprint density at radius 2 is 1.83 bits per heavy atom. The molecule has 1 aliphatic heterocycles. The van der Waals surface area contributed by atoms with E-state index in [4.69, 9.17) is 0 Å². The molecule has 72 valence electrons. The summed E-state index contributed by atoms with van der Waals surface area (Å²) in [5.74, 6) is -2.50. The number of piperidine rings is 1. The molecule has 5 heteroatoms. The van der Waals surface area contributed by atoms with E-state index >= 15 is 0 Å². The summed E-state index contributed by atoms with van der Waals surface area (Å²) in [5, 5.41) is 0. The van der Waals surface area contributed by atoms with Gasteiger partial charge in [0.2, 0.25) is 0 Å². The van der Waals surface area contributed by atoms with E-state index in [9.17, 15) is 13.6 Å². The van der Waals surface area contributed by atoms with Crippen LogP contribution in [0.1, 0.15) is 12.8 Å². The van der Waals surface area contributed by atoms with Crippen LogP contribution in [0.4, 0.5) is 8.78 Å². The molecule has 0 N–H and O–H groups in total. The molecule has 2 nitrogen and oxygen atoms in total. The van der Waals surface area contributed by atoms with Crippen molar-refractivity contribution in [1.29, 1.82) is 0 Å². The topological polar surface area (TPSA) is 20.3 Å². The number of aldehydes is 1. The molecule has 0 atom stereocenters. The Hall–Kier alpha value is -0.220. The molecule has 1 saturated heterocycles. The Bertz CT molecular complexity index is 144. The van der Waals surface area contributed by atoms with E-state index in [0.29, 0.717) is 13.1 Å². The number of halogens is 3. The van der Waals surface area contributed by atoms with Crippen LogP contribution in [0.25, 0.3) is 0 Å². The molecular weight excluding hydrogens is 188 g/mol. The molecule has 0 aromatic carbocycles. The lowest BCUT2D eigenvalue weighted by Gasteiger charge is -2.30. The predicted molar refractivity (Wildman–Crippen MR) is 43.9 cm³/mol. The summed E-state index contributed by atoms with van der Waals surface area (Å²) in [6.45, 7) is 0.966. The minimum absolute atomic E-state index is 0. The lowest BCUT2D eigenvalue weighted by atomic mass is 10.1. The van der Waals surface area contributed by atoms with Crippen molar-refractivity contribution in [2.24, 2.45) is 0 Å². The van der Waals surface area contributed by atoms with Gasteiger partial charge >= 0.3 is 0 Å². The monoisotopic (exact) mass is 199 g/mol. The van der Waals surface area contributed by atoms with Gasteiger partial charge in [0.15, 0.2) is 0 Å². The van der Waals surface area contributed by atoms with Crippen molar-refractivity contribution in [3.8, 4) is 0 Å². The normalized spacial score (nSPS) is 22.8. The van der Waals surface area contributed by atoms with Crippen LogP contribution in [0.15, 0.2) is 0 Å². The lowest BCUT2D eigenvalue weighted by Crippen LogP contribution is -2.40. The molecule has 0 aromatic rings. The molecule has 0 radical (unpaired) electrons. The number of carbonyl (C=O) groups is 1. The highest BCUT2D eigenvalue weighted by atomic mass is 35.5.